The van der Waals surface area contributed by atoms with Crippen LogP contribution in [0.5, 0.6) is 5.75 Å². The molecule has 1 aromatic carbocycles. The minimum Gasteiger partial charge on any atom is -0.481 e. The summed E-state index contributed by atoms with van der Waals surface area (Å²) in [7, 11) is 0. The molecule has 4 nitrogen and oxygen atoms in total. The zero-order valence-corrected chi connectivity index (χ0v) is 11.9. The number of benzene rings is 1. The zero-order chi connectivity index (χ0) is 17.5. The van der Waals surface area contributed by atoms with Gasteiger partial charge in [0.15, 0.2) is 18.2 Å². The van der Waals surface area contributed by atoms with E-state index < -0.39 is 49.0 Å². The molecule has 0 spiro atoms. The zero-order valence-electron chi connectivity index (χ0n) is 11.9. The van der Waals surface area contributed by atoms with Crippen molar-refractivity contribution in [2.75, 3.05) is 19.7 Å². The summed E-state index contributed by atoms with van der Waals surface area (Å²) in [5.74, 6) is -3.08. The van der Waals surface area contributed by atoms with E-state index in [0.717, 1.165) is 17.0 Å². The Bertz CT molecular complexity index is 584. The van der Waals surface area contributed by atoms with Crippen molar-refractivity contribution >= 4 is 5.91 Å². The average Bonchev–Trinajstić information content (AvgIpc) is 2.45. The first-order chi connectivity index (χ1) is 10.7. The third-order valence-electron chi connectivity index (χ3n) is 2.76. The SMILES string of the molecule is N#CCCN(CCC(F)(F)F)C(=O)COc1ccc(F)cc1F. The van der Waals surface area contributed by atoms with Gasteiger partial charge in [0.2, 0.25) is 0 Å². The van der Waals surface area contributed by atoms with Crippen molar-refractivity contribution < 1.29 is 31.5 Å². The topological polar surface area (TPSA) is 53.3 Å². The maximum Gasteiger partial charge on any atom is 0.390 e. The summed E-state index contributed by atoms with van der Waals surface area (Å²) in [6.45, 7) is -1.54. The molecule has 0 saturated carbocycles. The monoisotopic (exact) mass is 336 g/mol. The van der Waals surface area contributed by atoms with E-state index >= 15 is 0 Å². The van der Waals surface area contributed by atoms with Crippen molar-refractivity contribution in [1.29, 1.82) is 5.26 Å². The van der Waals surface area contributed by atoms with Gasteiger partial charge in [-0.3, -0.25) is 4.79 Å². The Balaban J connectivity index is 2.63. The summed E-state index contributed by atoms with van der Waals surface area (Å²) < 4.78 is 67.6. The second-order valence-corrected chi connectivity index (χ2v) is 4.52. The second-order valence-electron chi connectivity index (χ2n) is 4.52. The minimum atomic E-state index is -4.45. The van der Waals surface area contributed by atoms with Crippen LogP contribution in [0.15, 0.2) is 18.2 Å². The molecule has 1 aromatic rings. The lowest BCUT2D eigenvalue weighted by molar-refractivity contribution is -0.146. The van der Waals surface area contributed by atoms with E-state index in [-0.39, 0.29) is 13.0 Å². The molecule has 0 bridgehead atoms. The molecule has 0 radical (unpaired) electrons. The maximum atomic E-state index is 13.3. The molecule has 0 aliphatic rings. The summed E-state index contributed by atoms with van der Waals surface area (Å²) in [4.78, 5) is 12.7. The van der Waals surface area contributed by atoms with E-state index in [1.807, 2.05) is 0 Å². The molecule has 0 N–H and O–H groups in total. The van der Waals surface area contributed by atoms with Gasteiger partial charge in [0.1, 0.15) is 5.82 Å². The standard InChI is InChI=1S/C14H13F5N2O2/c15-10-2-3-12(11(16)8-10)23-9-13(22)21(6-1-5-20)7-4-14(17,18)19/h2-3,8H,1,4,6-7,9H2. The number of carbonyl (C=O) groups excluding carboxylic acids is 1. The van der Waals surface area contributed by atoms with E-state index in [0.29, 0.717) is 6.07 Å². The molecule has 0 fully saturated rings. The Hall–Kier alpha value is -2.37. The van der Waals surface area contributed by atoms with Crippen LogP contribution in [0.4, 0.5) is 22.0 Å². The molecule has 0 aliphatic heterocycles. The van der Waals surface area contributed by atoms with Crippen LogP contribution in [0.3, 0.4) is 0 Å². The van der Waals surface area contributed by atoms with Crippen LogP contribution in [-0.4, -0.2) is 36.7 Å². The first-order valence-electron chi connectivity index (χ1n) is 6.52. The van der Waals surface area contributed by atoms with Crippen LogP contribution in [0, 0.1) is 23.0 Å². The fraction of sp³-hybridized carbons (Fsp3) is 0.429. The molecule has 1 rings (SSSR count). The molecule has 126 valence electrons. The van der Waals surface area contributed by atoms with E-state index in [4.69, 9.17) is 10.00 Å². The Labute approximate surface area is 129 Å². The third-order valence-corrected chi connectivity index (χ3v) is 2.76. The molecule has 0 aromatic heterocycles. The Morgan fingerprint density at radius 2 is 1.96 bits per heavy atom. The van der Waals surface area contributed by atoms with Gasteiger partial charge >= 0.3 is 6.18 Å². The fourth-order valence-corrected chi connectivity index (χ4v) is 1.63. The summed E-state index contributed by atoms with van der Waals surface area (Å²) >= 11 is 0. The summed E-state index contributed by atoms with van der Waals surface area (Å²) in [5, 5.41) is 8.47. The van der Waals surface area contributed by atoms with Crippen LogP contribution in [0.2, 0.25) is 0 Å². The highest BCUT2D eigenvalue weighted by Gasteiger charge is 2.29. The molecular weight excluding hydrogens is 323 g/mol. The van der Waals surface area contributed by atoms with E-state index in [1.54, 1.807) is 6.07 Å². The highest BCUT2D eigenvalue weighted by atomic mass is 19.4. The van der Waals surface area contributed by atoms with Crippen molar-refractivity contribution in [3.63, 3.8) is 0 Å². The van der Waals surface area contributed by atoms with Gasteiger partial charge in [-0.1, -0.05) is 0 Å². The number of hydrogen-bond donors (Lipinski definition) is 0. The Morgan fingerprint density at radius 1 is 1.26 bits per heavy atom. The molecule has 0 aliphatic carbocycles. The fourth-order valence-electron chi connectivity index (χ4n) is 1.63. The molecule has 23 heavy (non-hydrogen) atoms. The van der Waals surface area contributed by atoms with Crippen molar-refractivity contribution in [3.8, 4) is 11.8 Å². The van der Waals surface area contributed by atoms with Gasteiger partial charge in [-0.05, 0) is 12.1 Å². The van der Waals surface area contributed by atoms with Gasteiger partial charge < -0.3 is 9.64 Å². The molecule has 0 heterocycles. The molecule has 0 unspecified atom stereocenters. The number of nitriles is 1. The number of alkyl halides is 3. The van der Waals surface area contributed by atoms with Crippen molar-refractivity contribution in [2.24, 2.45) is 0 Å². The first-order valence-corrected chi connectivity index (χ1v) is 6.52. The average molecular weight is 336 g/mol. The van der Waals surface area contributed by atoms with Gasteiger partial charge in [-0.25, -0.2) is 8.78 Å². The van der Waals surface area contributed by atoms with E-state index in [9.17, 15) is 26.7 Å². The predicted molar refractivity (Wildman–Crippen MR) is 69.3 cm³/mol. The number of carbonyl (C=O) groups is 1. The van der Waals surface area contributed by atoms with E-state index in [2.05, 4.69) is 0 Å². The van der Waals surface area contributed by atoms with Gasteiger partial charge in [0.05, 0.1) is 18.9 Å². The number of hydrogen-bond acceptors (Lipinski definition) is 3. The second kappa shape index (κ2) is 8.31. The van der Waals surface area contributed by atoms with Crippen LogP contribution in [-0.2, 0) is 4.79 Å². The largest absolute Gasteiger partial charge is 0.481 e. The number of ether oxygens (including phenoxy) is 1. The van der Waals surface area contributed by atoms with Crippen LogP contribution in [0.25, 0.3) is 0 Å². The van der Waals surface area contributed by atoms with Crippen molar-refractivity contribution in [3.05, 3.63) is 29.8 Å². The normalized spacial score (nSPS) is 11.0. The smallest absolute Gasteiger partial charge is 0.390 e. The number of rotatable bonds is 7. The van der Waals surface area contributed by atoms with Gasteiger partial charge in [0, 0.05) is 19.2 Å². The van der Waals surface area contributed by atoms with Gasteiger partial charge in [-0.2, -0.15) is 18.4 Å². The van der Waals surface area contributed by atoms with Crippen LogP contribution in [0.1, 0.15) is 12.8 Å². The minimum absolute atomic E-state index is 0.144. The predicted octanol–water partition coefficient (Wildman–Crippen LogP) is 3.04. The lowest BCUT2D eigenvalue weighted by Gasteiger charge is -2.22. The molecule has 0 atom stereocenters. The number of nitrogens with zero attached hydrogens (tertiary/aromatic N) is 2. The molecular formula is C14H13F5N2O2. The molecule has 1 amide bonds. The summed E-state index contributed by atoms with van der Waals surface area (Å²) in [6.07, 6.45) is -5.82. The molecule has 9 heteroatoms. The highest BCUT2D eigenvalue weighted by molar-refractivity contribution is 5.77. The summed E-state index contributed by atoms with van der Waals surface area (Å²) in [5.41, 5.74) is 0. The van der Waals surface area contributed by atoms with Crippen LogP contribution < -0.4 is 4.74 Å². The highest BCUT2D eigenvalue weighted by Crippen LogP contribution is 2.20. The quantitative estimate of drug-likeness (QED) is 0.719. The van der Waals surface area contributed by atoms with E-state index in [1.165, 1.54) is 0 Å². The Kier molecular flexibility index (Phi) is 6.75. The summed E-state index contributed by atoms with van der Waals surface area (Å²) in [6, 6.07) is 4.16. The number of amides is 1. The lowest BCUT2D eigenvalue weighted by atomic mass is 10.3. The van der Waals surface area contributed by atoms with Crippen molar-refractivity contribution in [2.45, 2.75) is 19.0 Å². The third kappa shape index (κ3) is 6.95. The Morgan fingerprint density at radius 3 is 2.52 bits per heavy atom. The first kappa shape index (κ1) is 18.7. The van der Waals surface area contributed by atoms with Crippen molar-refractivity contribution in [1.82, 2.24) is 4.90 Å². The number of halogens is 5. The maximum absolute atomic E-state index is 13.3. The van der Waals surface area contributed by atoms with Crippen LogP contribution >= 0.6 is 0 Å². The lowest BCUT2D eigenvalue weighted by Crippen LogP contribution is -2.38. The van der Waals surface area contributed by atoms with Gasteiger partial charge in [-0.15, -0.1) is 0 Å². The van der Waals surface area contributed by atoms with Gasteiger partial charge in [0.25, 0.3) is 5.91 Å². The molecule has 0 saturated heterocycles.